The van der Waals surface area contributed by atoms with Gasteiger partial charge in [0.15, 0.2) is 0 Å². The van der Waals surface area contributed by atoms with Crippen molar-refractivity contribution in [3.8, 4) is 0 Å². The molecule has 0 aromatic rings. The highest BCUT2D eigenvalue weighted by atomic mass is 32.2. The first-order valence-electron chi connectivity index (χ1n) is 6.74. The molecule has 3 nitrogen and oxygen atoms in total. The molecule has 17 heavy (non-hydrogen) atoms. The van der Waals surface area contributed by atoms with Gasteiger partial charge >= 0.3 is 0 Å². The molecule has 4 heteroatoms. The summed E-state index contributed by atoms with van der Waals surface area (Å²) >= 11 is 1.85. The van der Waals surface area contributed by atoms with Gasteiger partial charge in [-0.1, -0.05) is 19.3 Å². The molecule has 0 aromatic carbocycles. The highest BCUT2D eigenvalue weighted by Crippen LogP contribution is 2.17. The third-order valence-electron chi connectivity index (χ3n) is 3.34. The predicted octanol–water partition coefficient (Wildman–Crippen LogP) is 2.17. The van der Waals surface area contributed by atoms with Gasteiger partial charge in [0.2, 0.25) is 5.91 Å². The molecule has 0 bridgehead atoms. The molecule has 1 atom stereocenters. The molecule has 0 saturated heterocycles. The van der Waals surface area contributed by atoms with Gasteiger partial charge in [0.25, 0.3) is 0 Å². The van der Waals surface area contributed by atoms with Crippen LogP contribution in [0.2, 0.25) is 0 Å². The molecule has 1 fully saturated rings. The lowest BCUT2D eigenvalue weighted by Crippen LogP contribution is -2.43. The van der Waals surface area contributed by atoms with E-state index in [1.54, 1.807) is 0 Å². The van der Waals surface area contributed by atoms with Crippen LogP contribution in [0.1, 0.15) is 45.4 Å². The standard InChI is InChI=1S/C13H26N2OS/c1-11(8-9-17-2)14-10-13(16)15-12-6-4-3-5-7-12/h11-12,14H,3-10H2,1-2H3,(H,15,16). The van der Waals surface area contributed by atoms with E-state index in [1.807, 2.05) is 11.8 Å². The largest absolute Gasteiger partial charge is 0.352 e. The lowest BCUT2D eigenvalue weighted by Gasteiger charge is -2.23. The minimum atomic E-state index is 0.160. The van der Waals surface area contributed by atoms with Crippen LogP contribution in [0.4, 0.5) is 0 Å². The minimum absolute atomic E-state index is 0.160. The van der Waals surface area contributed by atoms with Crippen molar-refractivity contribution < 1.29 is 4.79 Å². The highest BCUT2D eigenvalue weighted by molar-refractivity contribution is 7.98. The monoisotopic (exact) mass is 258 g/mol. The quantitative estimate of drug-likeness (QED) is 0.735. The number of hydrogen-bond acceptors (Lipinski definition) is 3. The zero-order chi connectivity index (χ0) is 12.5. The fraction of sp³-hybridized carbons (Fsp3) is 0.923. The summed E-state index contributed by atoms with van der Waals surface area (Å²) in [7, 11) is 0. The molecule has 1 amide bonds. The minimum Gasteiger partial charge on any atom is -0.352 e. The Labute approximate surface area is 109 Å². The van der Waals surface area contributed by atoms with Gasteiger partial charge in [0.05, 0.1) is 6.54 Å². The second-order valence-corrected chi connectivity index (χ2v) is 5.95. The average molecular weight is 258 g/mol. The first-order valence-corrected chi connectivity index (χ1v) is 8.13. The Morgan fingerprint density at radius 2 is 2.06 bits per heavy atom. The molecule has 1 aliphatic carbocycles. The van der Waals surface area contributed by atoms with E-state index in [9.17, 15) is 4.79 Å². The van der Waals surface area contributed by atoms with Crippen molar-refractivity contribution >= 4 is 17.7 Å². The predicted molar refractivity (Wildman–Crippen MR) is 75.5 cm³/mol. The summed E-state index contributed by atoms with van der Waals surface area (Å²) in [5, 5.41) is 6.41. The van der Waals surface area contributed by atoms with Gasteiger partial charge in [-0.2, -0.15) is 11.8 Å². The number of amides is 1. The molecule has 1 rings (SSSR count). The Morgan fingerprint density at radius 1 is 1.35 bits per heavy atom. The van der Waals surface area contributed by atoms with Gasteiger partial charge in [0, 0.05) is 12.1 Å². The maximum atomic E-state index is 11.7. The van der Waals surface area contributed by atoms with Crippen molar-refractivity contribution in [3.05, 3.63) is 0 Å². The first-order chi connectivity index (χ1) is 8.22. The molecule has 0 heterocycles. The van der Waals surface area contributed by atoms with Gasteiger partial charge in [0.1, 0.15) is 0 Å². The summed E-state index contributed by atoms with van der Waals surface area (Å²) in [6, 6.07) is 0.860. The molecule has 2 N–H and O–H groups in total. The van der Waals surface area contributed by atoms with Gasteiger partial charge in [-0.25, -0.2) is 0 Å². The summed E-state index contributed by atoms with van der Waals surface area (Å²) < 4.78 is 0. The summed E-state index contributed by atoms with van der Waals surface area (Å²) in [6.07, 6.45) is 9.42. The Bertz CT molecular complexity index is 217. The normalized spacial score (nSPS) is 18.9. The van der Waals surface area contributed by atoms with E-state index in [-0.39, 0.29) is 5.91 Å². The number of carbonyl (C=O) groups is 1. The van der Waals surface area contributed by atoms with Gasteiger partial charge in [-0.15, -0.1) is 0 Å². The van der Waals surface area contributed by atoms with E-state index in [4.69, 9.17) is 0 Å². The van der Waals surface area contributed by atoms with Crippen LogP contribution in [-0.2, 0) is 4.79 Å². The molecule has 0 aliphatic heterocycles. The first kappa shape index (κ1) is 14.8. The van der Waals surface area contributed by atoms with Gasteiger partial charge in [-0.05, 0) is 38.2 Å². The van der Waals surface area contributed by atoms with Crippen molar-refractivity contribution in [2.75, 3.05) is 18.6 Å². The van der Waals surface area contributed by atoms with Crippen molar-refractivity contribution in [3.63, 3.8) is 0 Å². The number of nitrogens with one attached hydrogen (secondary N) is 2. The summed E-state index contributed by atoms with van der Waals surface area (Å²) in [5.74, 6) is 1.31. The summed E-state index contributed by atoms with van der Waals surface area (Å²) in [4.78, 5) is 11.7. The smallest absolute Gasteiger partial charge is 0.234 e. The van der Waals surface area contributed by atoms with E-state index in [2.05, 4.69) is 23.8 Å². The number of hydrogen-bond donors (Lipinski definition) is 2. The lowest BCUT2D eigenvalue weighted by atomic mass is 9.95. The fourth-order valence-corrected chi connectivity index (χ4v) is 2.78. The third-order valence-corrected chi connectivity index (χ3v) is 3.98. The van der Waals surface area contributed by atoms with Crippen molar-refractivity contribution in [2.24, 2.45) is 0 Å². The van der Waals surface area contributed by atoms with Crippen LogP contribution in [0.15, 0.2) is 0 Å². The molecule has 0 radical (unpaired) electrons. The number of carbonyl (C=O) groups excluding carboxylic acids is 1. The van der Waals surface area contributed by atoms with E-state index in [1.165, 1.54) is 19.3 Å². The van der Waals surface area contributed by atoms with Crippen LogP contribution in [0.3, 0.4) is 0 Å². The summed E-state index contributed by atoms with van der Waals surface area (Å²) in [5.41, 5.74) is 0. The Hall–Kier alpha value is -0.220. The van der Waals surface area contributed by atoms with Crippen LogP contribution in [0.25, 0.3) is 0 Å². The Kier molecular flexibility index (Phi) is 7.69. The average Bonchev–Trinajstić information content (AvgIpc) is 2.35. The van der Waals surface area contributed by atoms with Crippen LogP contribution in [0.5, 0.6) is 0 Å². The molecular formula is C13H26N2OS. The zero-order valence-electron chi connectivity index (χ0n) is 11.1. The number of thioether (sulfide) groups is 1. The fourth-order valence-electron chi connectivity index (χ4n) is 2.19. The second-order valence-electron chi connectivity index (χ2n) is 4.97. The van der Waals surface area contributed by atoms with E-state index in [0.717, 1.165) is 25.0 Å². The van der Waals surface area contributed by atoms with Crippen LogP contribution >= 0.6 is 11.8 Å². The molecule has 1 aliphatic rings. The third kappa shape index (κ3) is 6.94. The lowest BCUT2D eigenvalue weighted by molar-refractivity contribution is -0.121. The Morgan fingerprint density at radius 3 is 2.71 bits per heavy atom. The van der Waals surface area contributed by atoms with Crippen molar-refractivity contribution in [2.45, 2.75) is 57.5 Å². The van der Waals surface area contributed by atoms with Crippen molar-refractivity contribution in [1.29, 1.82) is 0 Å². The van der Waals surface area contributed by atoms with Crippen LogP contribution in [-0.4, -0.2) is 36.5 Å². The number of rotatable bonds is 7. The molecular weight excluding hydrogens is 232 g/mol. The molecule has 1 unspecified atom stereocenters. The van der Waals surface area contributed by atoms with Crippen molar-refractivity contribution in [1.82, 2.24) is 10.6 Å². The van der Waals surface area contributed by atoms with E-state index in [0.29, 0.717) is 18.6 Å². The van der Waals surface area contributed by atoms with Gasteiger partial charge in [-0.3, -0.25) is 4.79 Å². The molecule has 100 valence electrons. The summed E-state index contributed by atoms with van der Waals surface area (Å²) in [6.45, 7) is 2.61. The maximum Gasteiger partial charge on any atom is 0.234 e. The van der Waals surface area contributed by atoms with E-state index < -0.39 is 0 Å². The Balaban J connectivity index is 2.07. The zero-order valence-corrected chi connectivity index (χ0v) is 11.9. The highest BCUT2D eigenvalue weighted by Gasteiger charge is 2.15. The molecule has 0 spiro atoms. The van der Waals surface area contributed by atoms with Gasteiger partial charge < -0.3 is 10.6 Å². The molecule has 1 saturated carbocycles. The molecule has 0 aromatic heterocycles. The SMILES string of the molecule is CSCCC(C)NCC(=O)NC1CCCCC1. The van der Waals surface area contributed by atoms with E-state index >= 15 is 0 Å². The second kappa shape index (κ2) is 8.81. The van der Waals surface area contributed by atoms with Crippen LogP contribution < -0.4 is 10.6 Å². The topological polar surface area (TPSA) is 41.1 Å². The maximum absolute atomic E-state index is 11.7. The van der Waals surface area contributed by atoms with Crippen LogP contribution in [0, 0.1) is 0 Å².